The SMILES string of the molecule is CC(C)(C)OC(=O)N(CCc1c(CBr)n(C(=O)OC(C)(C)C)c2c(F)cc(Br)cc12)S(=O)(=O)C1=CC=C(Cl)CC1. The third kappa shape index (κ3) is 7.49. The van der Waals surface area contributed by atoms with E-state index >= 15 is 4.39 Å². The molecule has 0 saturated carbocycles. The maximum Gasteiger partial charge on any atom is 0.424 e. The van der Waals surface area contributed by atoms with Crippen LogP contribution in [0.25, 0.3) is 10.9 Å². The van der Waals surface area contributed by atoms with Gasteiger partial charge < -0.3 is 9.47 Å². The predicted octanol–water partition coefficient (Wildman–Crippen LogP) is 8.13. The van der Waals surface area contributed by atoms with Crippen molar-refractivity contribution in [1.29, 1.82) is 0 Å². The van der Waals surface area contributed by atoms with Gasteiger partial charge in [0.15, 0.2) is 0 Å². The molecule has 0 spiro atoms. The molecule has 13 heteroatoms. The number of carbonyl (C=O) groups excluding carboxylic acids is 2. The number of aromatic nitrogens is 1. The van der Waals surface area contributed by atoms with Gasteiger partial charge in [0.2, 0.25) is 0 Å². The number of hydrogen-bond acceptors (Lipinski definition) is 6. The number of alkyl halides is 1. The van der Waals surface area contributed by atoms with Crippen LogP contribution in [0.4, 0.5) is 14.0 Å². The van der Waals surface area contributed by atoms with Crippen molar-refractivity contribution in [3.8, 4) is 0 Å². The Labute approximate surface area is 255 Å². The molecule has 8 nitrogen and oxygen atoms in total. The molecule has 1 heterocycles. The molecule has 1 aromatic heterocycles. The van der Waals surface area contributed by atoms with Gasteiger partial charge in [0.1, 0.15) is 17.0 Å². The third-order valence-electron chi connectivity index (χ3n) is 5.74. The van der Waals surface area contributed by atoms with Crippen LogP contribution < -0.4 is 0 Å². The summed E-state index contributed by atoms with van der Waals surface area (Å²) in [7, 11) is -4.29. The molecule has 1 amide bonds. The number of fused-ring (bicyclic) bond motifs is 1. The van der Waals surface area contributed by atoms with E-state index in [1.807, 2.05) is 0 Å². The van der Waals surface area contributed by atoms with Crippen LogP contribution in [-0.4, -0.2) is 47.2 Å². The Kier molecular flexibility index (Phi) is 9.91. The molecule has 2 aromatic rings. The topological polar surface area (TPSA) is 94.9 Å². The molecule has 0 aliphatic heterocycles. The number of carbonyl (C=O) groups is 2. The molecule has 0 radical (unpaired) electrons. The highest BCUT2D eigenvalue weighted by molar-refractivity contribution is 9.10. The van der Waals surface area contributed by atoms with Crippen LogP contribution in [0.5, 0.6) is 0 Å². The lowest BCUT2D eigenvalue weighted by atomic mass is 10.1. The van der Waals surface area contributed by atoms with Gasteiger partial charge in [-0.05, 0) is 90.7 Å². The molecular formula is C27H32Br2ClFN2O6S. The highest BCUT2D eigenvalue weighted by Gasteiger charge is 2.36. The summed E-state index contributed by atoms with van der Waals surface area (Å²) in [6, 6.07) is 2.88. The van der Waals surface area contributed by atoms with E-state index in [4.69, 9.17) is 21.1 Å². The Hall–Kier alpha value is -1.89. The number of halogens is 4. The van der Waals surface area contributed by atoms with Crippen LogP contribution in [0.2, 0.25) is 0 Å². The predicted molar refractivity (Wildman–Crippen MR) is 161 cm³/mol. The number of allylic oxidation sites excluding steroid dienone is 4. The van der Waals surface area contributed by atoms with Crippen molar-refractivity contribution >= 4 is 76.6 Å². The average Bonchev–Trinajstić information content (AvgIpc) is 3.10. The monoisotopic (exact) mass is 724 g/mol. The summed E-state index contributed by atoms with van der Waals surface area (Å²) in [5.74, 6) is -0.670. The van der Waals surface area contributed by atoms with E-state index in [0.717, 1.165) is 4.57 Å². The number of amides is 1. The molecule has 0 fully saturated rings. The lowest BCUT2D eigenvalue weighted by Gasteiger charge is -2.28. The summed E-state index contributed by atoms with van der Waals surface area (Å²) >= 11 is 12.7. The van der Waals surface area contributed by atoms with Gasteiger partial charge in [0, 0.05) is 32.5 Å². The van der Waals surface area contributed by atoms with Gasteiger partial charge in [-0.15, -0.1) is 0 Å². The lowest BCUT2D eigenvalue weighted by Crippen LogP contribution is -2.42. The van der Waals surface area contributed by atoms with Gasteiger partial charge in [-0.2, -0.15) is 0 Å². The van der Waals surface area contributed by atoms with Crippen molar-refractivity contribution in [1.82, 2.24) is 8.87 Å². The first-order valence-electron chi connectivity index (χ1n) is 12.5. The molecule has 0 bridgehead atoms. The number of sulfonamides is 1. The Bertz CT molecular complexity index is 1500. The van der Waals surface area contributed by atoms with Gasteiger partial charge in [0.25, 0.3) is 10.0 Å². The fourth-order valence-corrected chi connectivity index (χ4v) is 6.79. The largest absolute Gasteiger partial charge is 0.443 e. The zero-order chi connectivity index (χ0) is 30.2. The second-order valence-corrected chi connectivity index (χ2v) is 15.1. The Balaban J connectivity index is 2.15. The Morgan fingerprint density at radius 2 is 1.70 bits per heavy atom. The van der Waals surface area contributed by atoms with E-state index in [1.54, 1.807) is 47.6 Å². The van der Waals surface area contributed by atoms with E-state index in [0.29, 0.717) is 36.9 Å². The van der Waals surface area contributed by atoms with Crippen LogP contribution in [0.3, 0.4) is 0 Å². The second-order valence-electron chi connectivity index (χ2n) is 11.2. The van der Waals surface area contributed by atoms with Crippen molar-refractivity contribution in [2.75, 3.05) is 6.54 Å². The summed E-state index contributed by atoms with van der Waals surface area (Å²) in [6.07, 6.45) is 1.45. The molecule has 0 N–H and O–H groups in total. The molecule has 3 rings (SSSR count). The summed E-state index contributed by atoms with van der Waals surface area (Å²) in [5, 5.41) is 1.01. The minimum Gasteiger partial charge on any atom is -0.443 e. The summed E-state index contributed by atoms with van der Waals surface area (Å²) in [4.78, 5) is 26.5. The molecule has 220 valence electrons. The summed E-state index contributed by atoms with van der Waals surface area (Å²) in [6.45, 7) is 9.67. The van der Waals surface area contributed by atoms with Gasteiger partial charge in [-0.3, -0.25) is 0 Å². The maximum absolute atomic E-state index is 15.3. The first-order valence-corrected chi connectivity index (χ1v) is 16.2. The van der Waals surface area contributed by atoms with Crippen LogP contribution in [-0.2, 0) is 31.2 Å². The van der Waals surface area contributed by atoms with Gasteiger partial charge in [-0.1, -0.05) is 43.5 Å². The lowest BCUT2D eigenvalue weighted by molar-refractivity contribution is 0.0392. The molecule has 40 heavy (non-hydrogen) atoms. The average molecular weight is 727 g/mol. The molecule has 1 aliphatic rings. The highest BCUT2D eigenvalue weighted by atomic mass is 79.9. The molecule has 1 aliphatic carbocycles. The minimum atomic E-state index is -4.29. The molecule has 0 atom stereocenters. The molecule has 0 saturated heterocycles. The van der Waals surface area contributed by atoms with Gasteiger partial charge in [-0.25, -0.2) is 31.3 Å². The number of hydrogen-bond donors (Lipinski definition) is 0. The van der Waals surface area contributed by atoms with Gasteiger partial charge in [0.05, 0.1) is 10.4 Å². The van der Waals surface area contributed by atoms with E-state index in [9.17, 15) is 18.0 Å². The first kappa shape index (κ1) is 32.6. The van der Waals surface area contributed by atoms with Crippen LogP contribution in [0.1, 0.15) is 65.6 Å². The van der Waals surface area contributed by atoms with Crippen LogP contribution >= 0.6 is 43.5 Å². The van der Waals surface area contributed by atoms with Crippen LogP contribution in [0.15, 0.2) is 38.7 Å². The number of rotatable bonds is 6. The van der Waals surface area contributed by atoms with Gasteiger partial charge >= 0.3 is 12.2 Å². The smallest absolute Gasteiger partial charge is 0.424 e. The summed E-state index contributed by atoms with van der Waals surface area (Å²) in [5.41, 5.74) is -0.980. The van der Waals surface area contributed by atoms with Crippen molar-refractivity contribution in [3.05, 3.63) is 55.8 Å². The zero-order valence-electron chi connectivity index (χ0n) is 23.1. The van der Waals surface area contributed by atoms with E-state index in [2.05, 4.69) is 31.9 Å². The fourth-order valence-electron chi connectivity index (χ4n) is 4.16. The van der Waals surface area contributed by atoms with Crippen LogP contribution in [0, 0.1) is 5.82 Å². The molecule has 0 unspecified atom stereocenters. The normalized spacial score (nSPS) is 14.6. The maximum atomic E-state index is 15.3. The van der Waals surface area contributed by atoms with E-state index in [1.165, 1.54) is 18.2 Å². The van der Waals surface area contributed by atoms with Crippen molar-refractivity contribution in [2.24, 2.45) is 0 Å². The molecule has 1 aromatic carbocycles. The Morgan fingerprint density at radius 3 is 2.23 bits per heavy atom. The highest BCUT2D eigenvalue weighted by Crippen LogP contribution is 2.35. The van der Waals surface area contributed by atoms with E-state index in [-0.39, 0.29) is 35.1 Å². The number of ether oxygens (including phenoxy) is 2. The first-order chi connectivity index (χ1) is 18.4. The standard InChI is InChI=1S/C27H32Br2ClFN2O6S/c1-26(2,3)38-24(34)32(40(36,37)18-9-7-17(30)8-10-18)12-11-19-20-13-16(29)14-21(31)23(20)33(22(19)15-28)25(35)39-27(4,5)6/h7,9,13-14H,8,10-12,15H2,1-6H3. The fraction of sp³-hybridized carbons (Fsp3) is 0.481. The Morgan fingerprint density at radius 1 is 1.07 bits per heavy atom. The number of nitrogens with zero attached hydrogens (tertiary/aromatic N) is 2. The second kappa shape index (κ2) is 12.1. The minimum absolute atomic E-state index is 0.0108. The van der Waals surface area contributed by atoms with Crippen molar-refractivity contribution < 1.29 is 31.9 Å². The third-order valence-corrected chi connectivity index (χ3v) is 8.96. The quantitative estimate of drug-likeness (QED) is 0.279. The van der Waals surface area contributed by atoms with E-state index < -0.39 is 39.2 Å². The zero-order valence-corrected chi connectivity index (χ0v) is 27.9. The van der Waals surface area contributed by atoms with Crippen molar-refractivity contribution in [3.63, 3.8) is 0 Å². The molecular weight excluding hydrogens is 695 g/mol. The van der Waals surface area contributed by atoms with Crippen molar-refractivity contribution in [2.45, 2.75) is 77.3 Å². The number of benzene rings is 1. The summed E-state index contributed by atoms with van der Waals surface area (Å²) < 4.78 is 55.9.